The zero-order valence-corrected chi connectivity index (χ0v) is 17.1. The Labute approximate surface area is 174 Å². The average molecular weight is 400 g/mol. The molecule has 1 heterocycles. The lowest BCUT2D eigenvalue weighted by Crippen LogP contribution is -2.06. The number of benzene rings is 3. The zero-order valence-electron chi connectivity index (χ0n) is 16.3. The van der Waals surface area contributed by atoms with Crippen LogP contribution in [0.2, 0.25) is 0 Å². The second-order valence-corrected chi connectivity index (χ2v) is 7.60. The van der Waals surface area contributed by atoms with Crippen LogP contribution in [0.25, 0.3) is 0 Å². The summed E-state index contributed by atoms with van der Waals surface area (Å²) in [5.74, 6) is 1.01. The summed E-state index contributed by atoms with van der Waals surface area (Å²) in [6.07, 6.45) is 0. The third kappa shape index (κ3) is 4.92. The van der Waals surface area contributed by atoms with Crippen LogP contribution in [0, 0.1) is 13.8 Å². The zero-order chi connectivity index (χ0) is 20.1. The van der Waals surface area contributed by atoms with E-state index in [1.54, 1.807) is 0 Å². The van der Waals surface area contributed by atoms with Gasteiger partial charge in [0.15, 0.2) is 5.16 Å². The molecule has 4 rings (SSSR count). The molecule has 0 saturated carbocycles. The van der Waals surface area contributed by atoms with Crippen LogP contribution in [0.3, 0.4) is 0 Å². The smallest absolute Gasteiger partial charge is 0.233 e. The highest BCUT2D eigenvalue weighted by Gasteiger charge is 2.10. The number of aryl methyl sites for hydroxylation is 2. The highest BCUT2D eigenvalue weighted by Crippen LogP contribution is 2.28. The van der Waals surface area contributed by atoms with E-state index < -0.39 is 0 Å². The molecule has 6 heteroatoms. The third-order valence-electron chi connectivity index (χ3n) is 4.35. The number of hydrogen-bond acceptors (Lipinski definition) is 6. The lowest BCUT2D eigenvalue weighted by Gasteiger charge is -2.12. The summed E-state index contributed by atoms with van der Waals surface area (Å²) < 4.78 is 0. The third-order valence-corrected chi connectivity index (χ3v) is 5.22. The van der Waals surface area contributed by atoms with Gasteiger partial charge in [-0.1, -0.05) is 54.6 Å². The molecule has 2 N–H and O–H groups in total. The number of anilines is 4. The molecule has 0 saturated heterocycles. The van der Waals surface area contributed by atoms with Crippen LogP contribution in [0.15, 0.2) is 88.9 Å². The van der Waals surface area contributed by atoms with E-state index in [9.17, 15) is 0 Å². The Balaban J connectivity index is 1.68. The Morgan fingerprint density at radius 3 is 1.59 bits per heavy atom. The molecule has 0 aliphatic rings. The van der Waals surface area contributed by atoms with Crippen molar-refractivity contribution in [3.8, 4) is 0 Å². The van der Waals surface area contributed by atoms with Gasteiger partial charge in [0.25, 0.3) is 0 Å². The van der Waals surface area contributed by atoms with Crippen molar-refractivity contribution >= 4 is 35.0 Å². The van der Waals surface area contributed by atoms with Crippen LogP contribution in [-0.2, 0) is 0 Å². The van der Waals surface area contributed by atoms with Gasteiger partial charge in [0.1, 0.15) is 0 Å². The van der Waals surface area contributed by atoms with Gasteiger partial charge in [0, 0.05) is 16.3 Å². The number of rotatable bonds is 6. The standard InChI is InChI=1S/C23H21N5S/c1-16-10-6-8-14-19(16)24-21-26-22(25-20-15-9-7-11-17(20)2)28-23(27-21)29-18-12-4-3-5-13-18/h3-15H,1-2H3,(H2,24,25,26,27,28). The van der Waals surface area contributed by atoms with Crippen molar-refractivity contribution in [3.05, 3.63) is 90.0 Å². The largest absolute Gasteiger partial charge is 0.324 e. The molecule has 0 atom stereocenters. The molecule has 0 aliphatic carbocycles. The minimum atomic E-state index is 0.504. The Kier molecular flexibility index (Phi) is 5.72. The average Bonchev–Trinajstić information content (AvgIpc) is 2.72. The van der Waals surface area contributed by atoms with Crippen molar-refractivity contribution in [1.29, 1.82) is 0 Å². The molecular weight excluding hydrogens is 378 g/mol. The van der Waals surface area contributed by atoms with Gasteiger partial charge in [-0.2, -0.15) is 15.0 Å². The lowest BCUT2D eigenvalue weighted by molar-refractivity contribution is 0.919. The normalized spacial score (nSPS) is 10.6. The van der Waals surface area contributed by atoms with Crippen molar-refractivity contribution < 1.29 is 0 Å². The predicted octanol–water partition coefficient (Wildman–Crippen LogP) is 6.13. The van der Waals surface area contributed by atoms with E-state index in [2.05, 4.69) is 51.6 Å². The lowest BCUT2D eigenvalue weighted by atomic mass is 10.2. The maximum absolute atomic E-state index is 4.62. The Hall–Kier alpha value is -3.38. The Bertz CT molecular complexity index is 1050. The minimum absolute atomic E-state index is 0.504. The number of nitrogens with zero attached hydrogens (tertiary/aromatic N) is 3. The maximum Gasteiger partial charge on any atom is 0.233 e. The highest BCUT2D eigenvalue weighted by molar-refractivity contribution is 7.99. The number of hydrogen-bond donors (Lipinski definition) is 2. The van der Waals surface area contributed by atoms with Gasteiger partial charge in [-0.3, -0.25) is 0 Å². The Morgan fingerprint density at radius 2 is 1.07 bits per heavy atom. The fourth-order valence-corrected chi connectivity index (χ4v) is 3.54. The summed E-state index contributed by atoms with van der Waals surface area (Å²) in [6.45, 7) is 4.10. The molecule has 29 heavy (non-hydrogen) atoms. The van der Waals surface area contributed by atoms with Crippen molar-refractivity contribution in [2.45, 2.75) is 23.9 Å². The van der Waals surface area contributed by atoms with E-state index in [1.807, 2.05) is 66.7 Å². The van der Waals surface area contributed by atoms with Gasteiger partial charge >= 0.3 is 0 Å². The van der Waals surface area contributed by atoms with E-state index in [0.717, 1.165) is 27.4 Å². The number of para-hydroxylation sites is 2. The van der Waals surface area contributed by atoms with Gasteiger partial charge in [0.05, 0.1) is 0 Å². The fraction of sp³-hybridized carbons (Fsp3) is 0.0870. The van der Waals surface area contributed by atoms with Gasteiger partial charge in [-0.05, 0) is 61.0 Å². The van der Waals surface area contributed by atoms with Crippen LogP contribution < -0.4 is 10.6 Å². The van der Waals surface area contributed by atoms with E-state index in [4.69, 9.17) is 0 Å². The van der Waals surface area contributed by atoms with Crippen LogP contribution in [0.4, 0.5) is 23.3 Å². The fourth-order valence-electron chi connectivity index (χ4n) is 2.78. The summed E-state index contributed by atoms with van der Waals surface area (Å²) in [4.78, 5) is 14.9. The van der Waals surface area contributed by atoms with E-state index in [0.29, 0.717) is 17.1 Å². The maximum atomic E-state index is 4.62. The molecule has 0 radical (unpaired) electrons. The SMILES string of the molecule is Cc1ccccc1Nc1nc(Nc2ccccc2C)nc(Sc2ccccc2)n1. The topological polar surface area (TPSA) is 62.7 Å². The summed E-state index contributed by atoms with van der Waals surface area (Å²) >= 11 is 1.50. The van der Waals surface area contributed by atoms with Crippen LogP contribution in [-0.4, -0.2) is 15.0 Å². The first-order chi connectivity index (χ1) is 14.2. The predicted molar refractivity (Wildman–Crippen MR) is 119 cm³/mol. The number of nitrogens with one attached hydrogen (secondary N) is 2. The van der Waals surface area contributed by atoms with Gasteiger partial charge < -0.3 is 10.6 Å². The van der Waals surface area contributed by atoms with Crippen molar-refractivity contribution in [3.63, 3.8) is 0 Å². The van der Waals surface area contributed by atoms with E-state index in [-0.39, 0.29) is 0 Å². The summed E-state index contributed by atoms with van der Waals surface area (Å²) in [7, 11) is 0. The van der Waals surface area contributed by atoms with E-state index >= 15 is 0 Å². The van der Waals surface area contributed by atoms with Gasteiger partial charge in [-0.15, -0.1) is 0 Å². The summed E-state index contributed by atoms with van der Waals surface area (Å²) in [5.41, 5.74) is 4.18. The molecule has 3 aromatic carbocycles. The molecule has 0 aliphatic heterocycles. The summed E-state index contributed by atoms with van der Waals surface area (Å²) in [6, 6.07) is 26.2. The quantitative estimate of drug-likeness (QED) is 0.407. The molecule has 5 nitrogen and oxygen atoms in total. The molecular formula is C23H21N5S. The Morgan fingerprint density at radius 1 is 0.586 bits per heavy atom. The highest BCUT2D eigenvalue weighted by atomic mass is 32.2. The monoisotopic (exact) mass is 399 g/mol. The molecule has 1 aromatic heterocycles. The van der Waals surface area contributed by atoms with Crippen molar-refractivity contribution in [2.75, 3.05) is 10.6 Å². The van der Waals surface area contributed by atoms with Crippen molar-refractivity contribution in [2.24, 2.45) is 0 Å². The van der Waals surface area contributed by atoms with Crippen LogP contribution in [0.5, 0.6) is 0 Å². The van der Waals surface area contributed by atoms with Crippen LogP contribution in [0.1, 0.15) is 11.1 Å². The second kappa shape index (κ2) is 8.75. The summed E-state index contributed by atoms with van der Waals surface area (Å²) in [5, 5.41) is 7.27. The first-order valence-electron chi connectivity index (χ1n) is 9.32. The van der Waals surface area contributed by atoms with Gasteiger partial charge in [0.2, 0.25) is 11.9 Å². The molecule has 0 unspecified atom stereocenters. The first kappa shape index (κ1) is 19.0. The van der Waals surface area contributed by atoms with Crippen LogP contribution >= 0.6 is 11.8 Å². The molecule has 144 valence electrons. The molecule has 4 aromatic rings. The van der Waals surface area contributed by atoms with E-state index in [1.165, 1.54) is 11.8 Å². The molecule has 0 fully saturated rings. The van der Waals surface area contributed by atoms with Gasteiger partial charge in [-0.25, -0.2) is 0 Å². The van der Waals surface area contributed by atoms with Crippen molar-refractivity contribution in [1.82, 2.24) is 15.0 Å². The number of aromatic nitrogens is 3. The molecule has 0 amide bonds. The molecule has 0 spiro atoms. The second-order valence-electron chi connectivity index (χ2n) is 6.56. The minimum Gasteiger partial charge on any atom is -0.324 e. The first-order valence-corrected chi connectivity index (χ1v) is 10.1. The molecule has 0 bridgehead atoms.